The molecule has 0 saturated carbocycles. The fourth-order valence-corrected chi connectivity index (χ4v) is 1.02. The van der Waals surface area contributed by atoms with Crippen molar-refractivity contribution in [3.8, 4) is 0 Å². The van der Waals surface area contributed by atoms with Gasteiger partial charge in [-0.3, -0.25) is 0 Å². The van der Waals surface area contributed by atoms with Gasteiger partial charge in [-0.25, -0.2) is 0 Å². The highest BCUT2D eigenvalue weighted by Gasteiger charge is 2.22. The van der Waals surface area contributed by atoms with Crippen LogP contribution in [0.5, 0.6) is 0 Å². The lowest BCUT2D eigenvalue weighted by atomic mass is 10.2. The predicted octanol–water partition coefficient (Wildman–Crippen LogP) is 0.667. The Morgan fingerprint density at radius 2 is 2.29 bits per heavy atom. The lowest BCUT2D eigenvalue weighted by Gasteiger charge is -2.33. The first-order valence-corrected chi connectivity index (χ1v) is 3.17. The Hall–Kier alpha value is 0.650. The van der Waals surface area contributed by atoms with Crippen molar-refractivity contribution in [2.24, 2.45) is 0 Å². The molecule has 0 unspecified atom stereocenters. The van der Waals surface area contributed by atoms with Crippen LogP contribution < -0.4 is 0 Å². The summed E-state index contributed by atoms with van der Waals surface area (Å²) in [4.78, 5) is 2.23. The zero-order valence-corrected chi connectivity index (χ0v) is 6.38. The largest absolute Gasteiger partial charge is 0.310 e. The number of halogens is 1. The molecule has 1 rings (SSSR count). The molecule has 1 fully saturated rings. The molecule has 0 atom stereocenters. The van der Waals surface area contributed by atoms with Gasteiger partial charge in [0.05, 0.1) is 6.10 Å². The summed E-state index contributed by atoms with van der Waals surface area (Å²) in [6.07, 6.45) is 0.505. The van der Waals surface area contributed by atoms with Gasteiger partial charge in [0.2, 0.25) is 0 Å². The second kappa shape index (κ2) is 2.28. The average molecular weight is 213 g/mol. The van der Waals surface area contributed by atoms with Crippen molar-refractivity contribution in [3.63, 3.8) is 0 Å². The lowest BCUT2D eigenvalue weighted by molar-refractivity contribution is 0.0716. The van der Waals surface area contributed by atoms with E-state index in [0.717, 1.165) is 13.1 Å². The highest BCUT2D eigenvalue weighted by molar-refractivity contribution is 14.1. The normalized spacial score (nSPS) is 24.9. The third-order valence-corrected chi connectivity index (χ3v) is 1.88. The van der Waals surface area contributed by atoms with E-state index in [2.05, 4.69) is 11.9 Å². The van der Waals surface area contributed by atoms with Crippen LogP contribution in [-0.2, 0) is 3.07 Å². The Labute approximate surface area is 57.5 Å². The Morgan fingerprint density at radius 3 is 2.43 bits per heavy atom. The number of hydrogen-bond donors (Lipinski definition) is 0. The third-order valence-electron chi connectivity index (χ3n) is 1.16. The number of hydrogen-bond acceptors (Lipinski definition) is 2. The van der Waals surface area contributed by atoms with Crippen molar-refractivity contribution in [1.29, 1.82) is 0 Å². The number of likely N-dealkylation sites (N-methyl/N-ethyl adjacent to an activating group) is 1. The molecule has 0 aliphatic carbocycles. The van der Waals surface area contributed by atoms with E-state index in [-0.39, 0.29) is 0 Å². The maximum atomic E-state index is 4.98. The van der Waals surface area contributed by atoms with Gasteiger partial charge >= 0.3 is 0 Å². The highest BCUT2D eigenvalue weighted by atomic mass is 127. The van der Waals surface area contributed by atoms with Crippen LogP contribution >= 0.6 is 23.0 Å². The molecule has 3 heteroatoms. The molecular weight excluding hydrogens is 205 g/mol. The Bertz CT molecular complexity index is 62.7. The van der Waals surface area contributed by atoms with E-state index >= 15 is 0 Å². The Morgan fingerprint density at radius 1 is 1.71 bits per heavy atom. The van der Waals surface area contributed by atoms with Gasteiger partial charge in [0, 0.05) is 13.1 Å². The van der Waals surface area contributed by atoms with Gasteiger partial charge in [0.15, 0.2) is 0 Å². The minimum Gasteiger partial charge on any atom is -0.310 e. The van der Waals surface area contributed by atoms with Gasteiger partial charge in [-0.2, -0.15) is 0 Å². The molecule has 1 aliphatic heterocycles. The van der Waals surface area contributed by atoms with Crippen LogP contribution in [-0.4, -0.2) is 31.1 Å². The fraction of sp³-hybridized carbons (Fsp3) is 1.00. The molecule has 0 amide bonds. The summed E-state index contributed by atoms with van der Waals surface area (Å²) in [7, 11) is 2.09. The monoisotopic (exact) mass is 213 g/mol. The summed E-state index contributed by atoms with van der Waals surface area (Å²) in [5, 5.41) is 0. The maximum Gasteiger partial charge on any atom is 0.110 e. The molecule has 1 aliphatic rings. The van der Waals surface area contributed by atoms with Crippen LogP contribution in [0.3, 0.4) is 0 Å². The molecule has 42 valence electrons. The van der Waals surface area contributed by atoms with Crippen molar-refractivity contribution >= 4 is 23.0 Å². The molecule has 0 aromatic heterocycles. The first-order valence-electron chi connectivity index (χ1n) is 2.29. The zero-order valence-electron chi connectivity index (χ0n) is 4.22. The first-order chi connectivity index (χ1) is 3.33. The van der Waals surface area contributed by atoms with Crippen LogP contribution in [0.25, 0.3) is 0 Å². The summed E-state index contributed by atoms with van der Waals surface area (Å²) in [5.41, 5.74) is 0. The second-order valence-corrected chi connectivity index (χ2v) is 2.44. The SMILES string of the molecule is CN1CC(OI)C1. The van der Waals surface area contributed by atoms with E-state index in [1.54, 1.807) is 0 Å². The number of nitrogens with zero attached hydrogens (tertiary/aromatic N) is 1. The smallest absolute Gasteiger partial charge is 0.110 e. The van der Waals surface area contributed by atoms with Crippen molar-refractivity contribution in [2.75, 3.05) is 20.1 Å². The fourth-order valence-electron chi connectivity index (χ4n) is 0.698. The van der Waals surface area contributed by atoms with Crippen molar-refractivity contribution < 1.29 is 3.07 Å². The van der Waals surface area contributed by atoms with Gasteiger partial charge in [-0.1, -0.05) is 0 Å². The quantitative estimate of drug-likeness (QED) is 0.593. The summed E-state index contributed by atoms with van der Waals surface area (Å²) >= 11 is 1.95. The van der Waals surface area contributed by atoms with E-state index in [1.807, 2.05) is 23.0 Å². The van der Waals surface area contributed by atoms with Gasteiger partial charge in [0.25, 0.3) is 0 Å². The van der Waals surface area contributed by atoms with E-state index in [1.165, 1.54) is 0 Å². The minimum atomic E-state index is 0.505. The first kappa shape index (κ1) is 5.78. The van der Waals surface area contributed by atoms with E-state index < -0.39 is 0 Å². The van der Waals surface area contributed by atoms with E-state index in [4.69, 9.17) is 3.07 Å². The van der Waals surface area contributed by atoms with Gasteiger partial charge in [-0.15, -0.1) is 0 Å². The zero-order chi connectivity index (χ0) is 5.28. The summed E-state index contributed by atoms with van der Waals surface area (Å²) in [6, 6.07) is 0. The Kier molecular flexibility index (Phi) is 1.88. The van der Waals surface area contributed by atoms with Crippen molar-refractivity contribution in [1.82, 2.24) is 4.90 Å². The highest BCUT2D eigenvalue weighted by Crippen LogP contribution is 2.10. The molecule has 1 saturated heterocycles. The van der Waals surface area contributed by atoms with Crippen molar-refractivity contribution in [3.05, 3.63) is 0 Å². The molecule has 2 nitrogen and oxygen atoms in total. The topological polar surface area (TPSA) is 12.5 Å². The molecule has 0 radical (unpaired) electrons. The average Bonchev–Trinajstić information content (AvgIpc) is 1.58. The third kappa shape index (κ3) is 1.27. The summed E-state index contributed by atoms with van der Waals surface area (Å²) in [5.74, 6) is 0. The second-order valence-electron chi connectivity index (χ2n) is 1.93. The standard InChI is InChI=1S/C4H8INO/c1-6-2-4(3-6)7-5/h4H,2-3H2,1H3. The van der Waals surface area contributed by atoms with Crippen LogP contribution in [0.2, 0.25) is 0 Å². The van der Waals surface area contributed by atoms with Gasteiger partial charge in [0.1, 0.15) is 23.0 Å². The molecular formula is C4H8INO. The lowest BCUT2D eigenvalue weighted by Crippen LogP contribution is -2.48. The van der Waals surface area contributed by atoms with Crippen LogP contribution in [0.1, 0.15) is 0 Å². The van der Waals surface area contributed by atoms with Crippen LogP contribution in [0, 0.1) is 0 Å². The molecule has 0 bridgehead atoms. The van der Waals surface area contributed by atoms with Crippen molar-refractivity contribution in [2.45, 2.75) is 6.10 Å². The molecule has 0 aromatic carbocycles. The van der Waals surface area contributed by atoms with Crippen LogP contribution in [0.4, 0.5) is 0 Å². The minimum absolute atomic E-state index is 0.505. The number of likely N-dealkylation sites (tertiary alicyclic amines) is 1. The Balaban J connectivity index is 2.06. The molecule has 0 spiro atoms. The summed E-state index contributed by atoms with van der Waals surface area (Å²) < 4.78 is 4.98. The summed E-state index contributed by atoms with van der Waals surface area (Å²) in [6.45, 7) is 2.20. The molecule has 1 heterocycles. The molecule has 0 N–H and O–H groups in total. The van der Waals surface area contributed by atoms with E-state index in [9.17, 15) is 0 Å². The van der Waals surface area contributed by atoms with Crippen LogP contribution in [0.15, 0.2) is 0 Å². The van der Waals surface area contributed by atoms with Gasteiger partial charge in [-0.05, 0) is 7.05 Å². The maximum absolute atomic E-state index is 4.98. The molecule has 0 aromatic rings. The molecule has 7 heavy (non-hydrogen) atoms. The predicted molar refractivity (Wildman–Crippen MR) is 36.4 cm³/mol. The van der Waals surface area contributed by atoms with Gasteiger partial charge < -0.3 is 7.97 Å². The number of rotatable bonds is 1. The van der Waals surface area contributed by atoms with E-state index in [0.29, 0.717) is 6.10 Å².